The summed E-state index contributed by atoms with van der Waals surface area (Å²) in [4.78, 5) is 19.2. The molecule has 0 bridgehead atoms. The Kier molecular flexibility index (Phi) is 6.20. The van der Waals surface area contributed by atoms with Crippen molar-refractivity contribution in [1.82, 2.24) is 20.4 Å². The van der Waals surface area contributed by atoms with Crippen LogP contribution < -0.4 is 5.32 Å². The molecular formula is C17H28N4O3. The third-order valence-electron chi connectivity index (χ3n) is 5.09. The van der Waals surface area contributed by atoms with Crippen LogP contribution in [0.4, 0.5) is 0 Å². The summed E-state index contributed by atoms with van der Waals surface area (Å²) in [7, 11) is 1.59. The summed E-state index contributed by atoms with van der Waals surface area (Å²) < 4.78 is 10.1. The van der Waals surface area contributed by atoms with Crippen molar-refractivity contribution in [3.63, 3.8) is 0 Å². The van der Waals surface area contributed by atoms with E-state index in [4.69, 9.17) is 9.26 Å². The predicted octanol–water partition coefficient (Wildman–Crippen LogP) is 1.53. The molecule has 2 heterocycles. The van der Waals surface area contributed by atoms with Crippen molar-refractivity contribution in [3.8, 4) is 0 Å². The Morgan fingerprint density at radius 1 is 1.33 bits per heavy atom. The molecule has 24 heavy (non-hydrogen) atoms. The molecule has 134 valence electrons. The fourth-order valence-corrected chi connectivity index (χ4v) is 3.84. The second-order valence-electron chi connectivity index (χ2n) is 6.85. The van der Waals surface area contributed by atoms with E-state index in [9.17, 15) is 4.79 Å². The molecule has 7 heteroatoms. The fraction of sp³-hybridized carbons (Fsp3) is 0.824. The van der Waals surface area contributed by atoms with Crippen molar-refractivity contribution in [1.29, 1.82) is 0 Å². The summed E-state index contributed by atoms with van der Waals surface area (Å²) in [6, 6.07) is 0.707. The largest absolute Gasteiger partial charge is 0.377 e. The summed E-state index contributed by atoms with van der Waals surface area (Å²) >= 11 is 0. The highest BCUT2D eigenvalue weighted by Crippen LogP contribution is 2.27. The van der Waals surface area contributed by atoms with E-state index in [1.165, 1.54) is 25.7 Å². The first-order chi connectivity index (χ1) is 11.8. The number of amides is 1. The summed E-state index contributed by atoms with van der Waals surface area (Å²) in [5.74, 6) is 1.36. The lowest BCUT2D eigenvalue weighted by molar-refractivity contribution is -0.127. The zero-order valence-corrected chi connectivity index (χ0v) is 14.5. The summed E-state index contributed by atoms with van der Waals surface area (Å²) in [6.07, 6.45) is 7.96. The van der Waals surface area contributed by atoms with Crippen molar-refractivity contribution in [2.45, 2.75) is 57.6 Å². The van der Waals surface area contributed by atoms with E-state index in [-0.39, 0.29) is 11.8 Å². The number of carbonyl (C=O) groups excluding carboxylic acids is 1. The van der Waals surface area contributed by atoms with E-state index in [1.807, 2.05) is 0 Å². The van der Waals surface area contributed by atoms with E-state index < -0.39 is 0 Å². The summed E-state index contributed by atoms with van der Waals surface area (Å²) in [6.45, 7) is 2.94. The van der Waals surface area contributed by atoms with Gasteiger partial charge in [-0.25, -0.2) is 0 Å². The van der Waals surface area contributed by atoms with Crippen LogP contribution >= 0.6 is 0 Å². The number of methoxy groups -OCH3 is 1. The molecule has 1 aromatic rings. The Labute approximate surface area is 143 Å². The van der Waals surface area contributed by atoms with Crippen LogP contribution in [0.2, 0.25) is 0 Å². The zero-order valence-electron chi connectivity index (χ0n) is 14.5. The molecule has 1 amide bonds. The van der Waals surface area contributed by atoms with Crippen LogP contribution in [0.5, 0.6) is 0 Å². The van der Waals surface area contributed by atoms with Gasteiger partial charge in [-0.15, -0.1) is 0 Å². The number of ether oxygens (including phenoxy) is 1. The molecule has 0 spiro atoms. The fourth-order valence-electron chi connectivity index (χ4n) is 3.84. The molecule has 1 N–H and O–H groups in total. The minimum Gasteiger partial charge on any atom is -0.377 e. The molecule has 1 aliphatic carbocycles. The van der Waals surface area contributed by atoms with Gasteiger partial charge in [0.25, 0.3) is 0 Å². The molecule has 1 saturated carbocycles. The third kappa shape index (κ3) is 4.54. The Morgan fingerprint density at radius 3 is 2.96 bits per heavy atom. The summed E-state index contributed by atoms with van der Waals surface area (Å²) in [5, 5.41) is 6.85. The van der Waals surface area contributed by atoms with Gasteiger partial charge >= 0.3 is 0 Å². The van der Waals surface area contributed by atoms with E-state index >= 15 is 0 Å². The standard InChI is InChI=1S/C17H28N4O3/c1-23-12-15-19-16(24-20-15)8-9-18-17(22)13-5-4-10-21(11-13)14-6-2-3-7-14/h13-14H,2-12H2,1H3,(H,18,22)/t13-/m1/s1. The maximum absolute atomic E-state index is 12.4. The number of carbonyl (C=O) groups is 1. The minimum atomic E-state index is 0.117. The molecule has 1 atom stereocenters. The smallest absolute Gasteiger partial charge is 0.228 e. The topological polar surface area (TPSA) is 80.5 Å². The summed E-state index contributed by atoms with van der Waals surface area (Å²) in [5.41, 5.74) is 0. The van der Waals surface area contributed by atoms with Gasteiger partial charge in [-0.2, -0.15) is 4.98 Å². The number of aromatic nitrogens is 2. The number of nitrogens with zero attached hydrogens (tertiary/aromatic N) is 3. The third-order valence-corrected chi connectivity index (χ3v) is 5.09. The van der Waals surface area contributed by atoms with Crippen molar-refractivity contribution in [3.05, 3.63) is 11.7 Å². The predicted molar refractivity (Wildman–Crippen MR) is 88.3 cm³/mol. The molecule has 1 saturated heterocycles. The van der Waals surface area contributed by atoms with Crippen LogP contribution in [0.15, 0.2) is 4.52 Å². The zero-order chi connectivity index (χ0) is 16.8. The van der Waals surface area contributed by atoms with E-state index in [2.05, 4.69) is 20.4 Å². The first-order valence-corrected chi connectivity index (χ1v) is 9.08. The monoisotopic (exact) mass is 336 g/mol. The molecule has 1 aromatic heterocycles. The lowest BCUT2D eigenvalue weighted by Gasteiger charge is -2.36. The second kappa shape index (κ2) is 8.58. The molecule has 7 nitrogen and oxygen atoms in total. The lowest BCUT2D eigenvalue weighted by Crippen LogP contribution is -2.46. The van der Waals surface area contributed by atoms with Crippen molar-refractivity contribution in [2.75, 3.05) is 26.7 Å². The molecule has 0 unspecified atom stereocenters. The number of nitrogens with one attached hydrogen (secondary N) is 1. The van der Waals surface area contributed by atoms with Gasteiger partial charge in [-0.1, -0.05) is 18.0 Å². The van der Waals surface area contributed by atoms with Crippen molar-refractivity contribution >= 4 is 5.91 Å². The SMILES string of the molecule is COCc1noc(CCNC(=O)[C@@H]2CCCN(C3CCCC3)C2)n1. The van der Waals surface area contributed by atoms with Crippen LogP contribution in [-0.2, 0) is 22.6 Å². The normalized spacial score (nSPS) is 22.8. The number of rotatable bonds is 7. The van der Waals surface area contributed by atoms with Crippen LogP contribution in [-0.4, -0.2) is 53.7 Å². The van der Waals surface area contributed by atoms with Gasteiger partial charge in [0.2, 0.25) is 11.8 Å². The van der Waals surface area contributed by atoms with E-state index in [1.54, 1.807) is 7.11 Å². The van der Waals surface area contributed by atoms with Gasteiger partial charge in [-0.3, -0.25) is 9.69 Å². The average molecular weight is 336 g/mol. The molecular weight excluding hydrogens is 308 g/mol. The van der Waals surface area contributed by atoms with Crippen molar-refractivity contribution in [2.24, 2.45) is 5.92 Å². The maximum atomic E-state index is 12.4. The number of hydrogen-bond acceptors (Lipinski definition) is 6. The van der Waals surface area contributed by atoms with Crippen LogP contribution in [0.25, 0.3) is 0 Å². The van der Waals surface area contributed by atoms with Gasteiger partial charge in [0.15, 0.2) is 5.82 Å². The van der Waals surface area contributed by atoms with Gasteiger partial charge in [0.1, 0.15) is 6.61 Å². The minimum absolute atomic E-state index is 0.117. The Hall–Kier alpha value is -1.47. The highest BCUT2D eigenvalue weighted by molar-refractivity contribution is 5.78. The first-order valence-electron chi connectivity index (χ1n) is 9.08. The van der Waals surface area contributed by atoms with Crippen LogP contribution in [0, 0.1) is 5.92 Å². The van der Waals surface area contributed by atoms with Crippen LogP contribution in [0.3, 0.4) is 0 Å². The van der Waals surface area contributed by atoms with E-state index in [0.717, 1.165) is 25.9 Å². The number of piperidine rings is 1. The highest BCUT2D eigenvalue weighted by atomic mass is 16.5. The van der Waals surface area contributed by atoms with Crippen molar-refractivity contribution < 1.29 is 14.1 Å². The number of likely N-dealkylation sites (tertiary alicyclic amines) is 1. The van der Waals surface area contributed by atoms with Gasteiger partial charge < -0.3 is 14.6 Å². The highest BCUT2D eigenvalue weighted by Gasteiger charge is 2.30. The molecule has 0 radical (unpaired) electrons. The maximum Gasteiger partial charge on any atom is 0.228 e. The Morgan fingerprint density at radius 2 is 2.17 bits per heavy atom. The van der Waals surface area contributed by atoms with Crippen LogP contribution in [0.1, 0.15) is 50.2 Å². The Balaban J connectivity index is 1.40. The Bertz CT molecular complexity index is 528. The molecule has 3 rings (SSSR count). The van der Waals surface area contributed by atoms with E-state index in [0.29, 0.717) is 37.3 Å². The number of hydrogen-bond donors (Lipinski definition) is 1. The second-order valence-corrected chi connectivity index (χ2v) is 6.85. The molecule has 2 aliphatic rings. The molecule has 0 aromatic carbocycles. The molecule has 1 aliphatic heterocycles. The van der Waals surface area contributed by atoms with Gasteiger partial charge in [-0.05, 0) is 32.2 Å². The average Bonchev–Trinajstić information content (AvgIpc) is 3.27. The lowest BCUT2D eigenvalue weighted by atomic mass is 9.95. The first kappa shape index (κ1) is 17.4. The van der Waals surface area contributed by atoms with Gasteiger partial charge in [0.05, 0.1) is 5.92 Å². The molecule has 2 fully saturated rings. The quantitative estimate of drug-likeness (QED) is 0.813. The van der Waals surface area contributed by atoms with Gasteiger partial charge in [0, 0.05) is 32.7 Å².